The van der Waals surface area contributed by atoms with Gasteiger partial charge in [-0.2, -0.15) is 0 Å². The molecule has 2 rings (SSSR count). The van der Waals surface area contributed by atoms with Crippen molar-refractivity contribution >= 4 is 12.0 Å². The first-order valence-electron chi connectivity index (χ1n) is 5.75. The van der Waals surface area contributed by atoms with E-state index in [0.717, 1.165) is 5.82 Å². The van der Waals surface area contributed by atoms with Crippen LogP contribution in [0, 0.1) is 5.41 Å². The molecule has 1 aliphatic rings. The average molecular weight is 252 g/mol. The first-order valence-corrected chi connectivity index (χ1v) is 5.75. The first-order chi connectivity index (χ1) is 8.53. The van der Waals surface area contributed by atoms with Crippen molar-refractivity contribution in [2.24, 2.45) is 12.5 Å². The summed E-state index contributed by atoms with van der Waals surface area (Å²) < 4.78 is 1.81. The molecule has 18 heavy (non-hydrogen) atoms. The van der Waals surface area contributed by atoms with E-state index < -0.39 is 11.4 Å². The van der Waals surface area contributed by atoms with Crippen LogP contribution >= 0.6 is 0 Å². The van der Waals surface area contributed by atoms with Crippen LogP contribution in [0.2, 0.25) is 0 Å². The highest BCUT2D eigenvalue weighted by molar-refractivity contribution is 5.80. The quantitative estimate of drug-likeness (QED) is 0.691. The Kier molecular flexibility index (Phi) is 3.22. The normalized spacial score (nSPS) is 16.1. The molecule has 7 heteroatoms. The van der Waals surface area contributed by atoms with Crippen LogP contribution in [0.15, 0.2) is 12.4 Å². The summed E-state index contributed by atoms with van der Waals surface area (Å²) in [5.74, 6) is -0.101. The molecule has 3 N–H and O–H groups in total. The van der Waals surface area contributed by atoms with Crippen molar-refractivity contribution in [3.8, 4) is 0 Å². The van der Waals surface area contributed by atoms with Crippen LogP contribution in [-0.2, 0) is 18.4 Å². The zero-order valence-electron chi connectivity index (χ0n) is 10.1. The number of aromatic nitrogens is 2. The number of rotatable bonds is 5. The second kappa shape index (κ2) is 4.67. The van der Waals surface area contributed by atoms with Crippen molar-refractivity contribution in [2.75, 3.05) is 6.54 Å². The lowest BCUT2D eigenvalue weighted by molar-refractivity contribution is -0.143. The van der Waals surface area contributed by atoms with E-state index in [2.05, 4.69) is 15.6 Å². The summed E-state index contributed by atoms with van der Waals surface area (Å²) in [7, 11) is 1.84. The Morgan fingerprint density at radius 3 is 2.72 bits per heavy atom. The highest BCUT2D eigenvalue weighted by Crippen LogP contribution is 2.45. The Labute approximate surface area is 104 Å². The van der Waals surface area contributed by atoms with Gasteiger partial charge in [-0.3, -0.25) is 4.79 Å². The van der Waals surface area contributed by atoms with Crippen LogP contribution in [0.4, 0.5) is 4.79 Å². The number of aliphatic carboxylic acids is 1. The van der Waals surface area contributed by atoms with Crippen LogP contribution in [0.1, 0.15) is 18.7 Å². The van der Waals surface area contributed by atoms with E-state index in [0.29, 0.717) is 19.4 Å². The zero-order valence-corrected chi connectivity index (χ0v) is 10.1. The van der Waals surface area contributed by atoms with Gasteiger partial charge in [0.2, 0.25) is 0 Å². The fourth-order valence-corrected chi connectivity index (χ4v) is 1.66. The molecule has 0 aliphatic heterocycles. The Morgan fingerprint density at radius 1 is 1.50 bits per heavy atom. The SMILES string of the molecule is Cn1ccnc1CNC(=O)NCC1(C(=O)O)CC1. The third-order valence-electron chi connectivity index (χ3n) is 3.22. The molecular weight excluding hydrogens is 236 g/mol. The fraction of sp³-hybridized carbons (Fsp3) is 0.545. The summed E-state index contributed by atoms with van der Waals surface area (Å²) in [4.78, 5) is 26.5. The number of nitrogens with one attached hydrogen (secondary N) is 2. The van der Waals surface area contributed by atoms with Gasteiger partial charge in [0.15, 0.2) is 0 Å². The molecule has 0 bridgehead atoms. The average Bonchev–Trinajstić information content (AvgIpc) is 3.02. The molecular formula is C11H16N4O3. The minimum absolute atomic E-state index is 0.175. The number of urea groups is 1. The van der Waals surface area contributed by atoms with Crippen LogP contribution < -0.4 is 10.6 Å². The fourth-order valence-electron chi connectivity index (χ4n) is 1.66. The predicted octanol–water partition coefficient (Wildman–Crippen LogP) is 0.0841. The summed E-state index contributed by atoms with van der Waals surface area (Å²) in [5, 5.41) is 14.2. The molecule has 1 saturated carbocycles. The maximum Gasteiger partial charge on any atom is 0.315 e. The molecule has 1 aromatic heterocycles. The second-order valence-corrected chi connectivity index (χ2v) is 4.58. The van der Waals surface area contributed by atoms with Crippen LogP contribution in [-0.4, -0.2) is 33.2 Å². The van der Waals surface area contributed by atoms with Crippen molar-refractivity contribution in [3.05, 3.63) is 18.2 Å². The minimum atomic E-state index is -0.841. The smallest absolute Gasteiger partial charge is 0.315 e. The number of carbonyl (C=O) groups excluding carboxylic acids is 1. The Bertz CT molecular complexity index is 465. The van der Waals surface area contributed by atoms with Crippen molar-refractivity contribution in [1.82, 2.24) is 20.2 Å². The molecule has 0 unspecified atom stereocenters. The van der Waals surface area contributed by atoms with E-state index >= 15 is 0 Å². The van der Waals surface area contributed by atoms with E-state index in [1.165, 1.54) is 0 Å². The number of nitrogens with zero attached hydrogens (tertiary/aromatic N) is 2. The first kappa shape index (κ1) is 12.4. The molecule has 7 nitrogen and oxygen atoms in total. The van der Waals surface area contributed by atoms with E-state index in [1.807, 2.05) is 7.05 Å². The lowest BCUT2D eigenvalue weighted by atomic mass is 10.1. The summed E-state index contributed by atoms with van der Waals surface area (Å²) in [5.41, 5.74) is -0.736. The molecule has 1 aromatic rings. The van der Waals surface area contributed by atoms with E-state index in [4.69, 9.17) is 5.11 Å². The van der Waals surface area contributed by atoms with Gasteiger partial charge in [-0.05, 0) is 12.8 Å². The monoisotopic (exact) mass is 252 g/mol. The van der Waals surface area contributed by atoms with Gasteiger partial charge in [0.05, 0.1) is 12.0 Å². The van der Waals surface area contributed by atoms with Crippen molar-refractivity contribution in [2.45, 2.75) is 19.4 Å². The third kappa shape index (κ3) is 2.61. The van der Waals surface area contributed by atoms with Gasteiger partial charge < -0.3 is 20.3 Å². The minimum Gasteiger partial charge on any atom is -0.481 e. The van der Waals surface area contributed by atoms with Crippen molar-refractivity contribution < 1.29 is 14.7 Å². The predicted molar refractivity (Wildman–Crippen MR) is 62.7 cm³/mol. The molecule has 0 aromatic carbocycles. The maximum atomic E-state index is 11.5. The number of carbonyl (C=O) groups is 2. The molecule has 1 heterocycles. The molecule has 98 valence electrons. The second-order valence-electron chi connectivity index (χ2n) is 4.58. The van der Waals surface area contributed by atoms with E-state index in [9.17, 15) is 9.59 Å². The van der Waals surface area contributed by atoms with Gasteiger partial charge in [0.1, 0.15) is 5.82 Å². The number of aryl methyl sites for hydroxylation is 1. The summed E-state index contributed by atoms with van der Waals surface area (Å²) in [6.45, 7) is 0.490. The highest BCUT2D eigenvalue weighted by atomic mass is 16.4. The molecule has 0 atom stereocenters. The molecule has 0 spiro atoms. The summed E-state index contributed by atoms with van der Waals surface area (Å²) in [6.07, 6.45) is 4.70. The van der Waals surface area contributed by atoms with Gasteiger partial charge in [0, 0.05) is 26.0 Å². The molecule has 2 amide bonds. The third-order valence-corrected chi connectivity index (χ3v) is 3.22. The number of amides is 2. The molecule has 0 radical (unpaired) electrons. The zero-order chi connectivity index (χ0) is 13.2. The van der Waals surface area contributed by atoms with Gasteiger partial charge in [-0.25, -0.2) is 9.78 Å². The van der Waals surface area contributed by atoms with Crippen molar-refractivity contribution in [3.63, 3.8) is 0 Å². The van der Waals surface area contributed by atoms with Crippen LogP contribution in [0.5, 0.6) is 0 Å². The van der Waals surface area contributed by atoms with Gasteiger partial charge in [-0.1, -0.05) is 0 Å². The summed E-state index contributed by atoms with van der Waals surface area (Å²) in [6, 6.07) is -0.370. The number of carboxylic acids is 1. The van der Waals surface area contributed by atoms with E-state index in [-0.39, 0.29) is 12.6 Å². The molecule has 1 aliphatic carbocycles. The lowest BCUT2D eigenvalue weighted by Crippen LogP contribution is -2.40. The number of imidazole rings is 1. The van der Waals surface area contributed by atoms with E-state index in [1.54, 1.807) is 17.0 Å². The maximum absolute atomic E-state index is 11.5. The Balaban J connectivity index is 1.73. The van der Waals surface area contributed by atoms with Crippen LogP contribution in [0.3, 0.4) is 0 Å². The Morgan fingerprint density at radius 2 is 2.22 bits per heavy atom. The van der Waals surface area contributed by atoms with Crippen molar-refractivity contribution in [1.29, 1.82) is 0 Å². The number of hydrogen-bond acceptors (Lipinski definition) is 3. The highest BCUT2D eigenvalue weighted by Gasteiger charge is 2.50. The Hall–Kier alpha value is -2.05. The molecule has 1 fully saturated rings. The number of carboxylic acid groups (broad SMARTS) is 1. The van der Waals surface area contributed by atoms with Gasteiger partial charge in [0.25, 0.3) is 0 Å². The van der Waals surface area contributed by atoms with Gasteiger partial charge in [-0.15, -0.1) is 0 Å². The lowest BCUT2D eigenvalue weighted by Gasteiger charge is -2.11. The van der Waals surface area contributed by atoms with Gasteiger partial charge >= 0.3 is 12.0 Å². The number of hydrogen-bond donors (Lipinski definition) is 3. The topological polar surface area (TPSA) is 96.3 Å². The standard InChI is InChI=1S/C11H16N4O3/c1-15-5-4-12-8(15)6-13-10(18)14-7-11(2-3-11)9(16)17/h4-5H,2-3,6-7H2,1H3,(H,16,17)(H2,13,14,18). The van der Waals surface area contributed by atoms with Crippen LogP contribution in [0.25, 0.3) is 0 Å². The molecule has 0 saturated heterocycles. The largest absolute Gasteiger partial charge is 0.481 e. The summed E-state index contributed by atoms with van der Waals surface area (Å²) >= 11 is 0.